The first kappa shape index (κ1) is 14.3. The number of halogens is 1. The van der Waals surface area contributed by atoms with E-state index < -0.39 is 0 Å². The Morgan fingerprint density at radius 2 is 1.89 bits per heavy atom. The van der Waals surface area contributed by atoms with Crippen LogP contribution in [0, 0.1) is 0 Å². The Kier molecular flexibility index (Phi) is 4.77. The van der Waals surface area contributed by atoms with Crippen LogP contribution in [0.15, 0.2) is 56.7 Å². The van der Waals surface area contributed by atoms with Crippen molar-refractivity contribution in [3.63, 3.8) is 0 Å². The quantitative estimate of drug-likeness (QED) is 0.800. The number of benzene rings is 2. The predicted octanol–water partition coefficient (Wildman–Crippen LogP) is 4.97. The van der Waals surface area contributed by atoms with E-state index in [0.29, 0.717) is 5.69 Å². The summed E-state index contributed by atoms with van der Waals surface area (Å²) in [6, 6.07) is 14.0. The fourth-order valence-electron chi connectivity index (χ4n) is 1.63. The molecule has 4 heteroatoms. The fourth-order valence-corrected chi connectivity index (χ4v) is 3.12. The highest BCUT2D eigenvalue weighted by molar-refractivity contribution is 9.10. The van der Waals surface area contributed by atoms with Gasteiger partial charge in [0, 0.05) is 14.3 Å². The molecule has 2 rings (SSSR count). The number of ether oxygens (including phenoxy) is 1. The third kappa shape index (κ3) is 3.91. The van der Waals surface area contributed by atoms with Gasteiger partial charge in [-0.05, 0) is 44.2 Å². The average molecular weight is 338 g/mol. The van der Waals surface area contributed by atoms with Crippen molar-refractivity contribution >= 4 is 33.4 Å². The third-order valence-electron chi connectivity index (χ3n) is 2.41. The van der Waals surface area contributed by atoms with Gasteiger partial charge in [-0.2, -0.15) is 0 Å². The van der Waals surface area contributed by atoms with E-state index in [0.717, 1.165) is 20.0 Å². The lowest BCUT2D eigenvalue weighted by Crippen LogP contribution is -2.07. The van der Waals surface area contributed by atoms with Crippen LogP contribution in [0.5, 0.6) is 5.75 Å². The summed E-state index contributed by atoms with van der Waals surface area (Å²) in [6.45, 7) is 3.99. The van der Waals surface area contributed by atoms with Gasteiger partial charge in [0.25, 0.3) is 0 Å². The summed E-state index contributed by atoms with van der Waals surface area (Å²) in [5.74, 6) is 0.745. The number of para-hydroxylation sites is 1. The normalized spacial score (nSPS) is 10.7. The molecule has 0 atom stereocenters. The highest BCUT2D eigenvalue weighted by Crippen LogP contribution is 2.37. The van der Waals surface area contributed by atoms with Gasteiger partial charge >= 0.3 is 0 Å². The molecule has 2 nitrogen and oxygen atoms in total. The maximum atomic E-state index is 6.16. The van der Waals surface area contributed by atoms with Crippen LogP contribution < -0.4 is 10.5 Å². The molecule has 0 aromatic heterocycles. The summed E-state index contributed by atoms with van der Waals surface area (Å²) in [5, 5.41) is 0. The van der Waals surface area contributed by atoms with Gasteiger partial charge in [-0.15, -0.1) is 0 Å². The summed E-state index contributed by atoms with van der Waals surface area (Å²) in [4.78, 5) is 2.15. The SMILES string of the molecule is CC(C)Oc1cccc(Sc2cccc(Br)c2)c1N. The second kappa shape index (κ2) is 6.35. The van der Waals surface area contributed by atoms with Crippen molar-refractivity contribution in [2.75, 3.05) is 5.73 Å². The molecule has 0 radical (unpaired) electrons. The summed E-state index contributed by atoms with van der Waals surface area (Å²) < 4.78 is 6.76. The zero-order valence-corrected chi connectivity index (χ0v) is 13.3. The van der Waals surface area contributed by atoms with Crippen molar-refractivity contribution in [2.45, 2.75) is 29.7 Å². The molecule has 2 N–H and O–H groups in total. The van der Waals surface area contributed by atoms with Crippen LogP contribution in [0.4, 0.5) is 5.69 Å². The zero-order valence-electron chi connectivity index (χ0n) is 10.9. The van der Waals surface area contributed by atoms with Crippen molar-refractivity contribution in [2.24, 2.45) is 0 Å². The lowest BCUT2D eigenvalue weighted by atomic mass is 10.3. The summed E-state index contributed by atoms with van der Waals surface area (Å²) in [7, 11) is 0. The van der Waals surface area contributed by atoms with Crippen LogP contribution in [0.3, 0.4) is 0 Å². The largest absolute Gasteiger partial charge is 0.489 e. The summed E-state index contributed by atoms with van der Waals surface area (Å²) >= 11 is 5.11. The first-order valence-corrected chi connectivity index (χ1v) is 7.66. The molecule has 0 fully saturated rings. The van der Waals surface area contributed by atoms with Gasteiger partial charge in [0.2, 0.25) is 0 Å². The number of anilines is 1. The van der Waals surface area contributed by atoms with Gasteiger partial charge in [0.05, 0.1) is 11.8 Å². The lowest BCUT2D eigenvalue weighted by Gasteiger charge is -2.14. The summed E-state index contributed by atoms with van der Waals surface area (Å²) in [6.07, 6.45) is 0.119. The van der Waals surface area contributed by atoms with E-state index in [1.807, 2.05) is 44.2 Å². The molecule has 19 heavy (non-hydrogen) atoms. The summed E-state index contributed by atoms with van der Waals surface area (Å²) in [5.41, 5.74) is 6.86. The van der Waals surface area contributed by atoms with Gasteiger partial charge < -0.3 is 10.5 Å². The van der Waals surface area contributed by atoms with E-state index in [-0.39, 0.29) is 6.10 Å². The van der Waals surface area contributed by atoms with Crippen LogP contribution in [0.2, 0.25) is 0 Å². The number of rotatable bonds is 4. The number of hydrogen-bond donors (Lipinski definition) is 1. The van der Waals surface area contributed by atoms with Gasteiger partial charge in [0.15, 0.2) is 0 Å². The van der Waals surface area contributed by atoms with E-state index in [9.17, 15) is 0 Å². The second-order valence-electron chi connectivity index (χ2n) is 4.39. The number of nitrogen functional groups attached to an aromatic ring is 1. The topological polar surface area (TPSA) is 35.2 Å². The van der Waals surface area contributed by atoms with Crippen molar-refractivity contribution in [1.29, 1.82) is 0 Å². The molecule has 0 spiro atoms. The van der Waals surface area contributed by atoms with Crippen molar-refractivity contribution in [3.8, 4) is 5.75 Å². The average Bonchev–Trinajstić information content (AvgIpc) is 2.34. The first-order chi connectivity index (χ1) is 9.06. The van der Waals surface area contributed by atoms with Crippen LogP contribution >= 0.6 is 27.7 Å². The third-order valence-corrected chi connectivity index (χ3v) is 3.97. The predicted molar refractivity (Wildman–Crippen MR) is 84.9 cm³/mol. The van der Waals surface area contributed by atoms with Gasteiger partial charge in [0.1, 0.15) is 5.75 Å². The molecule has 0 saturated carbocycles. The minimum atomic E-state index is 0.119. The Labute approximate surface area is 126 Å². The van der Waals surface area contributed by atoms with E-state index in [1.165, 1.54) is 0 Å². The molecule has 0 aliphatic heterocycles. The Bertz CT molecular complexity index is 572. The van der Waals surface area contributed by atoms with Crippen molar-refractivity contribution < 1.29 is 4.74 Å². The fraction of sp³-hybridized carbons (Fsp3) is 0.200. The highest BCUT2D eigenvalue weighted by Gasteiger charge is 2.09. The molecule has 0 amide bonds. The minimum absolute atomic E-state index is 0.119. The highest BCUT2D eigenvalue weighted by atomic mass is 79.9. The van der Waals surface area contributed by atoms with Crippen LogP contribution in [-0.4, -0.2) is 6.10 Å². The van der Waals surface area contributed by atoms with Crippen LogP contribution in [0.25, 0.3) is 0 Å². The molecule has 2 aromatic carbocycles. The standard InChI is InChI=1S/C15H16BrNOS/c1-10(2)18-13-7-4-8-14(15(13)17)19-12-6-3-5-11(16)9-12/h3-10H,17H2,1-2H3. The molecule has 0 aliphatic carbocycles. The molecule has 2 aromatic rings. The molecule has 100 valence electrons. The lowest BCUT2D eigenvalue weighted by molar-refractivity contribution is 0.243. The zero-order chi connectivity index (χ0) is 13.8. The molecule has 0 saturated heterocycles. The maximum absolute atomic E-state index is 6.16. The maximum Gasteiger partial charge on any atom is 0.143 e. The van der Waals surface area contributed by atoms with Gasteiger partial charge in [-0.25, -0.2) is 0 Å². The van der Waals surface area contributed by atoms with E-state index in [1.54, 1.807) is 11.8 Å². The Morgan fingerprint density at radius 1 is 1.16 bits per heavy atom. The Morgan fingerprint density at radius 3 is 2.58 bits per heavy atom. The molecule has 0 heterocycles. The van der Waals surface area contributed by atoms with Gasteiger partial charge in [-0.1, -0.05) is 39.8 Å². The first-order valence-electron chi connectivity index (χ1n) is 6.05. The molecule has 0 bridgehead atoms. The van der Waals surface area contributed by atoms with Gasteiger partial charge in [-0.3, -0.25) is 0 Å². The molecule has 0 aliphatic rings. The van der Waals surface area contributed by atoms with E-state index in [2.05, 4.69) is 28.1 Å². The Hall–Kier alpha value is -1.13. The van der Waals surface area contributed by atoms with E-state index in [4.69, 9.17) is 10.5 Å². The molecular weight excluding hydrogens is 322 g/mol. The number of nitrogens with two attached hydrogens (primary N) is 1. The van der Waals surface area contributed by atoms with Crippen molar-refractivity contribution in [1.82, 2.24) is 0 Å². The van der Waals surface area contributed by atoms with E-state index >= 15 is 0 Å². The molecule has 0 unspecified atom stereocenters. The van der Waals surface area contributed by atoms with Crippen LogP contribution in [-0.2, 0) is 0 Å². The molecular formula is C15H16BrNOS. The monoisotopic (exact) mass is 337 g/mol. The minimum Gasteiger partial charge on any atom is -0.489 e. The number of hydrogen-bond acceptors (Lipinski definition) is 3. The second-order valence-corrected chi connectivity index (χ2v) is 6.43. The smallest absolute Gasteiger partial charge is 0.143 e. The van der Waals surface area contributed by atoms with Crippen molar-refractivity contribution in [3.05, 3.63) is 46.9 Å². The Balaban J connectivity index is 2.25. The van der Waals surface area contributed by atoms with Crippen LogP contribution in [0.1, 0.15) is 13.8 Å².